The van der Waals surface area contributed by atoms with Crippen molar-refractivity contribution in [1.82, 2.24) is 0 Å². The fraction of sp³-hybridized carbons (Fsp3) is 0.182. The summed E-state index contributed by atoms with van der Waals surface area (Å²) in [6, 6.07) is 5.35. The molecular formula is C11H10O2S. The van der Waals surface area contributed by atoms with Crippen molar-refractivity contribution in [3.8, 4) is 0 Å². The second-order valence-corrected chi connectivity index (χ2v) is 4.25. The standard InChI is InChI=1S/C11H10O2S/c1-7-3-4-10(13-7)11(12)9-5-6-14-8(9)2/h3-6H,1-2H3. The largest absolute Gasteiger partial charge is 0.458 e. The second-order valence-electron chi connectivity index (χ2n) is 3.13. The highest BCUT2D eigenvalue weighted by atomic mass is 32.1. The molecule has 14 heavy (non-hydrogen) atoms. The van der Waals surface area contributed by atoms with E-state index in [1.807, 2.05) is 25.3 Å². The molecule has 72 valence electrons. The molecule has 0 bridgehead atoms. The minimum atomic E-state index is -0.0307. The number of rotatable bonds is 2. The molecule has 0 amide bonds. The Kier molecular flexibility index (Phi) is 2.25. The van der Waals surface area contributed by atoms with E-state index >= 15 is 0 Å². The average Bonchev–Trinajstić information content (AvgIpc) is 2.73. The van der Waals surface area contributed by atoms with E-state index in [0.29, 0.717) is 5.76 Å². The van der Waals surface area contributed by atoms with E-state index in [2.05, 4.69) is 0 Å². The minimum absolute atomic E-state index is 0.0307. The molecule has 0 aliphatic carbocycles. The molecule has 0 radical (unpaired) electrons. The third-order valence-corrected chi connectivity index (χ3v) is 2.91. The molecule has 2 heterocycles. The van der Waals surface area contributed by atoms with E-state index in [-0.39, 0.29) is 5.78 Å². The Balaban J connectivity index is 2.38. The molecule has 0 fully saturated rings. The summed E-state index contributed by atoms with van der Waals surface area (Å²) >= 11 is 1.57. The lowest BCUT2D eigenvalue weighted by molar-refractivity contribution is 0.101. The molecule has 0 unspecified atom stereocenters. The summed E-state index contributed by atoms with van der Waals surface area (Å²) in [4.78, 5) is 12.9. The first-order valence-corrected chi connectivity index (χ1v) is 5.21. The maximum absolute atomic E-state index is 11.9. The first kappa shape index (κ1) is 9.21. The molecule has 0 aromatic carbocycles. The van der Waals surface area contributed by atoms with Crippen molar-refractivity contribution in [3.63, 3.8) is 0 Å². The Bertz CT molecular complexity index is 465. The third kappa shape index (κ3) is 1.51. The van der Waals surface area contributed by atoms with E-state index in [0.717, 1.165) is 16.2 Å². The summed E-state index contributed by atoms with van der Waals surface area (Å²) in [5.74, 6) is 1.15. The molecule has 0 saturated carbocycles. The zero-order valence-electron chi connectivity index (χ0n) is 8.03. The van der Waals surface area contributed by atoms with Crippen molar-refractivity contribution >= 4 is 17.1 Å². The minimum Gasteiger partial charge on any atom is -0.458 e. The summed E-state index contributed by atoms with van der Waals surface area (Å²) in [6.07, 6.45) is 0. The van der Waals surface area contributed by atoms with Gasteiger partial charge in [0, 0.05) is 10.4 Å². The number of carbonyl (C=O) groups is 1. The smallest absolute Gasteiger partial charge is 0.229 e. The average molecular weight is 206 g/mol. The van der Waals surface area contributed by atoms with Crippen LogP contribution in [-0.4, -0.2) is 5.78 Å². The molecule has 2 nitrogen and oxygen atoms in total. The molecule has 0 saturated heterocycles. The maximum atomic E-state index is 11.9. The first-order chi connectivity index (χ1) is 6.68. The van der Waals surface area contributed by atoms with Crippen molar-refractivity contribution in [2.75, 3.05) is 0 Å². The lowest BCUT2D eigenvalue weighted by Crippen LogP contribution is -1.98. The van der Waals surface area contributed by atoms with Crippen LogP contribution in [0, 0.1) is 13.8 Å². The van der Waals surface area contributed by atoms with Crippen LogP contribution < -0.4 is 0 Å². The van der Waals surface area contributed by atoms with Gasteiger partial charge in [-0.25, -0.2) is 0 Å². The monoisotopic (exact) mass is 206 g/mol. The summed E-state index contributed by atoms with van der Waals surface area (Å²) in [6.45, 7) is 3.77. The lowest BCUT2D eigenvalue weighted by atomic mass is 10.1. The van der Waals surface area contributed by atoms with Crippen LogP contribution in [-0.2, 0) is 0 Å². The van der Waals surface area contributed by atoms with Gasteiger partial charge in [-0.2, -0.15) is 0 Å². The molecule has 3 heteroatoms. The Labute approximate surface area is 86.2 Å². The summed E-state index contributed by atoms with van der Waals surface area (Å²) in [5.41, 5.74) is 0.740. The topological polar surface area (TPSA) is 30.2 Å². The predicted molar refractivity (Wildman–Crippen MR) is 55.9 cm³/mol. The molecule has 0 N–H and O–H groups in total. The molecule has 0 spiro atoms. The van der Waals surface area contributed by atoms with E-state index in [1.54, 1.807) is 23.5 Å². The summed E-state index contributed by atoms with van der Waals surface area (Å²) < 4.78 is 5.28. The van der Waals surface area contributed by atoms with Crippen molar-refractivity contribution in [2.45, 2.75) is 13.8 Å². The maximum Gasteiger partial charge on any atom is 0.229 e. The molecule has 0 aliphatic heterocycles. The van der Waals surface area contributed by atoms with Crippen LogP contribution >= 0.6 is 11.3 Å². The number of ketones is 1. The van der Waals surface area contributed by atoms with E-state index in [4.69, 9.17) is 4.42 Å². The van der Waals surface area contributed by atoms with Gasteiger partial charge in [0.1, 0.15) is 5.76 Å². The number of aryl methyl sites for hydroxylation is 2. The fourth-order valence-electron chi connectivity index (χ4n) is 1.31. The molecule has 0 atom stereocenters. The van der Waals surface area contributed by atoms with Crippen LogP contribution in [0.3, 0.4) is 0 Å². The van der Waals surface area contributed by atoms with Crippen molar-refractivity contribution in [3.05, 3.63) is 45.5 Å². The number of hydrogen-bond acceptors (Lipinski definition) is 3. The Morgan fingerprint density at radius 1 is 1.29 bits per heavy atom. The Morgan fingerprint density at radius 2 is 2.07 bits per heavy atom. The SMILES string of the molecule is Cc1ccc(C(=O)c2ccsc2C)o1. The summed E-state index contributed by atoms with van der Waals surface area (Å²) in [5, 5.41) is 1.92. The predicted octanol–water partition coefficient (Wildman–Crippen LogP) is 3.19. The van der Waals surface area contributed by atoms with Gasteiger partial charge in [-0.15, -0.1) is 11.3 Å². The molecule has 2 aromatic heterocycles. The van der Waals surface area contributed by atoms with Crippen molar-refractivity contribution < 1.29 is 9.21 Å². The van der Waals surface area contributed by atoms with Crippen LogP contribution in [0.25, 0.3) is 0 Å². The van der Waals surface area contributed by atoms with Gasteiger partial charge in [0.15, 0.2) is 5.76 Å². The quantitative estimate of drug-likeness (QED) is 0.706. The number of carbonyl (C=O) groups excluding carboxylic acids is 1. The Hall–Kier alpha value is -1.35. The van der Waals surface area contributed by atoms with Crippen LogP contribution in [0.4, 0.5) is 0 Å². The van der Waals surface area contributed by atoms with Crippen LogP contribution in [0.1, 0.15) is 26.8 Å². The first-order valence-electron chi connectivity index (χ1n) is 4.33. The number of thiophene rings is 1. The van der Waals surface area contributed by atoms with Crippen LogP contribution in [0.2, 0.25) is 0 Å². The van der Waals surface area contributed by atoms with E-state index in [9.17, 15) is 4.79 Å². The van der Waals surface area contributed by atoms with Gasteiger partial charge < -0.3 is 4.42 Å². The zero-order chi connectivity index (χ0) is 10.1. The number of hydrogen-bond donors (Lipinski definition) is 0. The van der Waals surface area contributed by atoms with Gasteiger partial charge in [0.25, 0.3) is 0 Å². The molecule has 2 aromatic rings. The van der Waals surface area contributed by atoms with Gasteiger partial charge >= 0.3 is 0 Å². The number of furan rings is 1. The van der Waals surface area contributed by atoms with E-state index in [1.165, 1.54) is 0 Å². The summed E-state index contributed by atoms with van der Waals surface area (Å²) in [7, 11) is 0. The van der Waals surface area contributed by atoms with Gasteiger partial charge in [0.2, 0.25) is 5.78 Å². The van der Waals surface area contributed by atoms with Crippen LogP contribution in [0.5, 0.6) is 0 Å². The van der Waals surface area contributed by atoms with Gasteiger partial charge in [-0.3, -0.25) is 4.79 Å². The zero-order valence-corrected chi connectivity index (χ0v) is 8.85. The van der Waals surface area contributed by atoms with Gasteiger partial charge in [-0.05, 0) is 37.4 Å². The lowest BCUT2D eigenvalue weighted by Gasteiger charge is -1.94. The van der Waals surface area contributed by atoms with Crippen molar-refractivity contribution in [2.24, 2.45) is 0 Å². The van der Waals surface area contributed by atoms with Gasteiger partial charge in [-0.1, -0.05) is 0 Å². The second kappa shape index (κ2) is 3.42. The highest BCUT2D eigenvalue weighted by Crippen LogP contribution is 2.20. The van der Waals surface area contributed by atoms with Crippen molar-refractivity contribution in [1.29, 1.82) is 0 Å². The highest BCUT2D eigenvalue weighted by Gasteiger charge is 2.15. The highest BCUT2D eigenvalue weighted by molar-refractivity contribution is 7.10. The molecule has 0 aliphatic rings. The molecule has 2 rings (SSSR count). The fourth-order valence-corrected chi connectivity index (χ4v) is 2.01. The van der Waals surface area contributed by atoms with E-state index < -0.39 is 0 Å². The third-order valence-electron chi connectivity index (χ3n) is 2.07. The normalized spacial score (nSPS) is 10.4. The van der Waals surface area contributed by atoms with Crippen LogP contribution in [0.15, 0.2) is 28.0 Å². The van der Waals surface area contributed by atoms with Gasteiger partial charge in [0.05, 0.1) is 0 Å². The molecular weight excluding hydrogens is 196 g/mol. The Morgan fingerprint density at radius 3 is 2.57 bits per heavy atom.